The average Bonchev–Trinajstić information content (AvgIpc) is 3.51. The number of amides is 3. The number of benzene rings is 1. The smallest absolute Gasteiger partial charge is 0.322 e. The fraction of sp³-hybridized carbons (Fsp3) is 0.125. The molecule has 1 aliphatic heterocycles. The van der Waals surface area contributed by atoms with Gasteiger partial charge in [-0.05, 0) is 59.3 Å². The number of aromatic nitrogens is 1. The summed E-state index contributed by atoms with van der Waals surface area (Å²) >= 11 is 3.10. The number of anilines is 3. The quantitative estimate of drug-likeness (QED) is 0.349. The Balaban J connectivity index is 1.28. The standard InChI is InChI=1S/C24H21N5O2S2/c25-18-6-5-15(20-4-2-10-32-20)11-19(18)28-23(30)22-12-16-14-29(9-7-21(16)33-22)24(31)27-17-3-1-8-26-13-17/h1-6,8,10-13H,7,9,14,25H2,(H,27,31)(H,28,30). The van der Waals surface area contributed by atoms with Gasteiger partial charge in [-0.1, -0.05) is 12.1 Å². The van der Waals surface area contributed by atoms with Crippen LogP contribution in [0.15, 0.2) is 66.3 Å². The number of nitrogen functional groups attached to an aromatic ring is 1. The van der Waals surface area contributed by atoms with Crippen LogP contribution in [-0.4, -0.2) is 28.4 Å². The number of nitrogens with two attached hydrogens (primary N) is 1. The minimum Gasteiger partial charge on any atom is -0.397 e. The minimum absolute atomic E-state index is 0.177. The van der Waals surface area contributed by atoms with E-state index in [4.69, 9.17) is 5.73 Å². The predicted molar refractivity (Wildman–Crippen MR) is 134 cm³/mol. The Labute approximate surface area is 198 Å². The molecule has 0 saturated heterocycles. The van der Waals surface area contributed by atoms with Gasteiger partial charge >= 0.3 is 6.03 Å². The SMILES string of the molecule is Nc1ccc(-c2cccs2)cc1NC(=O)c1cc2c(s1)CCN(C(=O)Nc1cccnc1)C2. The van der Waals surface area contributed by atoms with Crippen LogP contribution < -0.4 is 16.4 Å². The number of carbonyl (C=O) groups is 2. The van der Waals surface area contributed by atoms with Crippen molar-refractivity contribution in [1.29, 1.82) is 0 Å². The number of hydrogen-bond donors (Lipinski definition) is 3. The summed E-state index contributed by atoms with van der Waals surface area (Å²) in [6.45, 7) is 1.05. The molecule has 166 valence electrons. The first-order chi connectivity index (χ1) is 16.1. The van der Waals surface area contributed by atoms with E-state index in [2.05, 4.69) is 15.6 Å². The highest BCUT2D eigenvalue weighted by Crippen LogP contribution is 2.32. The number of nitrogens with zero attached hydrogens (tertiary/aromatic N) is 2. The maximum Gasteiger partial charge on any atom is 0.322 e. The Morgan fingerprint density at radius 3 is 2.79 bits per heavy atom. The van der Waals surface area contributed by atoms with Crippen molar-refractivity contribution in [2.24, 2.45) is 0 Å². The van der Waals surface area contributed by atoms with E-state index in [1.54, 1.807) is 40.8 Å². The highest BCUT2D eigenvalue weighted by Gasteiger charge is 2.25. The number of urea groups is 1. The van der Waals surface area contributed by atoms with Crippen molar-refractivity contribution in [3.8, 4) is 10.4 Å². The summed E-state index contributed by atoms with van der Waals surface area (Å²) in [5, 5.41) is 7.83. The highest BCUT2D eigenvalue weighted by atomic mass is 32.1. The molecule has 0 unspecified atom stereocenters. The van der Waals surface area contributed by atoms with Crippen molar-refractivity contribution >= 4 is 51.7 Å². The van der Waals surface area contributed by atoms with Gasteiger partial charge in [0.25, 0.3) is 5.91 Å². The van der Waals surface area contributed by atoms with Gasteiger partial charge in [-0.2, -0.15) is 0 Å². The minimum atomic E-state index is -0.198. The van der Waals surface area contributed by atoms with Gasteiger partial charge in [0.2, 0.25) is 0 Å². The van der Waals surface area contributed by atoms with E-state index in [9.17, 15) is 9.59 Å². The first-order valence-corrected chi connectivity index (χ1v) is 12.1. The summed E-state index contributed by atoms with van der Waals surface area (Å²) < 4.78 is 0. The molecule has 5 rings (SSSR count). The third kappa shape index (κ3) is 4.59. The second kappa shape index (κ2) is 9.05. The normalized spacial score (nSPS) is 12.8. The summed E-state index contributed by atoms with van der Waals surface area (Å²) in [4.78, 5) is 34.2. The number of hydrogen-bond acceptors (Lipinski definition) is 6. The lowest BCUT2D eigenvalue weighted by Gasteiger charge is -2.27. The van der Waals surface area contributed by atoms with E-state index in [0.717, 1.165) is 20.9 Å². The number of rotatable bonds is 4. The summed E-state index contributed by atoms with van der Waals surface area (Å²) in [7, 11) is 0. The van der Waals surface area contributed by atoms with Crippen LogP contribution in [0, 0.1) is 0 Å². The summed E-state index contributed by atoms with van der Waals surface area (Å²) in [6, 6.07) is 15.0. The monoisotopic (exact) mass is 475 g/mol. The second-order valence-electron chi connectivity index (χ2n) is 7.64. The van der Waals surface area contributed by atoms with Crippen LogP contribution in [0.25, 0.3) is 10.4 Å². The molecule has 3 aromatic heterocycles. The molecule has 0 aliphatic carbocycles. The van der Waals surface area contributed by atoms with Gasteiger partial charge in [0, 0.05) is 29.0 Å². The Hall–Kier alpha value is -3.69. The lowest BCUT2D eigenvalue weighted by atomic mass is 10.1. The zero-order chi connectivity index (χ0) is 22.8. The molecule has 0 spiro atoms. The Morgan fingerprint density at radius 2 is 2.00 bits per heavy atom. The van der Waals surface area contributed by atoms with E-state index in [-0.39, 0.29) is 11.9 Å². The summed E-state index contributed by atoms with van der Waals surface area (Å²) in [6.07, 6.45) is 3.98. The first-order valence-electron chi connectivity index (χ1n) is 10.4. The molecule has 4 heterocycles. The van der Waals surface area contributed by atoms with Crippen molar-refractivity contribution < 1.29 is 9.59 Å². The molecular weight excluding hydrogens is 454 g/mol. The van der Waals surface area contributed by atoms with E-state index in [1.165, 1.54) is 11.3 Å². The molecule has 0 fully saturated rings. The molecule has 9 heteroatoms. The third-order valence-electron chi connectivity index (χ3n) is 5.40. The fourth-order valence-electron chi connectivity index (χ4n) is 3.70. The molecule has 0 saturated carbocycles. The van der Waals surface area contributed by atoms with Crippen LogP contribution >= 0.6 is 22.7 Å². The third-order valence-corrected chi connectivity index (χ3v) is 7.55. The van der Waals surface area contributed by atoms with Gasteiger partial charge in [0.15, 0.2) is 0 Å². The Kier molecular flexibility index (Phi) is 5.80. The van der Waals surface area contributed by atoms with Crippen LogP contribution in [0.4, 0.5) is 21.9 Å². The van der Waals surface area contributed by atoms with Gasteiger partial charge in [0.1, 0.15) is 0 Å². The number of thiophene rings is 2. The van der Waals surface area contributed by atoms with Crippen molar-refractivity contribution in [3.05, 3.63) is 81.6 Å². The van der Waals surface area contributed by atoms with Crippen molar-refractivity contribution in [3.63, 3.8) is 0 Å². The molecule has 1 aliphatic rings. The van der Waals surface area contributed by atoms with E-state index in [0.29, 0.717) is 41.4 Å². The van der Waals surface area contributed by atoms with E-state index < -0.39 is 0 Å². The van der Waals surface area contributed by atoms with Crippen LogP contribution in [-0.2, 0) is 13.0 Å². The Bertz CT molecular complexity index is 1300. The zero-order valence-corrected chi connectivity index (χ0v) is 19.2. The maximum absolute atomic E-state index is 13.0. The predicted octanol–water partition coefficient (Wildman–Crippen LogP) is 5.30. The number of pyridine rings is 1. The molecule has 0 atom stereocenters. The summed E-state index contributed by atoms with van der Waals surface area (Å²) in [5.74, 6) is -0.198. The topological polar surface area (TPSA) is 100 Å². The van der Waals surface area contributed by atoms with Crippen LogP contribution in [0.5, 0.6) is 0 Å². The largest absolute Gasteiger partial charge is 0.397 e. The van der Waals surface area contributed by atoms with Gasteiger partial charge < -0.3 is 21.3 Å². The first kappa shape index (κ1) is 21.2. The number of nitrogens with one attached hydrogen (secondary N) is 2. The molecule has 7 nitrogen and oxygen atoms in total. The van der Waals surface area contributed by atoms with Crippen molar-refractivity contribution in [1.82, 2.24) is 9.88 Å². The van der Waals surface area contributed by atoms with Gasteiger partial charge in [-0.15, -0.1) is 22.7 Å². The maximum atomic E-state index is 13.0. The molecule has 1 aromatic carbocycles. The molecule has 0 bridgehead atoms. The van der Waals surface area contributed by atoms with Gasteiger partial charge in [-0.3, -0.25) is 9.78 Å². The van der Waals surface area contributed by atoms with Crippen LogP contribution in [0.2, 0.25) is 0 Å². The number of fused-ring (bicyclic) bond motifs is 1. The van der Waals surface area contributed by atoms with Gasteiger partial charge in [0.05, 0.1) is 28.1 Å². The van der Waals surface area contributed by atoms with Crippen molar-refractivity contribution in [2.75, 3.05) is 22.9 Å². The van der Waals surface area contributed by atoms with Crippen LogP contribution in [0.1, 0.15) is 20.1 Å². The molecule has 4 aromatic rings. The molecule has 3 amide bonds. The molecular formula is C24H21N5O2S2. The zero-order valence-electron chi connectivity index (χ0n) is 17.6. The molecule has 4 N–H and O–H groups in total. The fourth-order valence-corrected chi connectivity index (χ4v) is 5.48. The van der Waals surface area contributed by atoms with E-state index in [1.807, 2.05) is 41.8 Å². The molecule has 33 heavy (non-hydrogen) atoms. The Morgan fingerprint density at radius 1 is 1.09 bits per heavy atom. The summed E-state index contributed by atoms with van der Waals surface area (Å²) in [5.41, 5.74) is 9.89. The highest BCUT2D eigenvalue weighted by molar-refractivity contribution is 7.14. The van der Waals surface area contributed by atoms with Gasteiger partial charge in [-0.25, -0.2) is 4.79 Å². The lowest BCUT2D eigenvalue weighted by molar-refractivity contribution is 0.103. The second-order valence-corrected chi connectivity index (χ2v) is 9.72. The van der Waals surface area contributed by atoms with E-state index >= 15 is 0 Å². The van der Waals surface area contributed by atoms with Crippen LogP contribution in [0.3, 0.4) is 0 Å². The number of carbonyl (C=O) groups excluding carboxylic acids is 2. The van der Waals surface area contributed by atoms with Crippen molar-refractivity contribution in [2.45, 2.75) is 13.0 Å². The molecule has 0 radical (unpaired) electrons. The lowest BCUT2D eigenvalue weighted by Crippen LogP contribution is -2.38. The average molecular weight is 476 g/mol.